The second-order valence-corrected chi connectivity index (χ2v) is 5.53. The number of ether oxygens (including phenoxy) is 1. The van der Waals surface area contributed by atoms with Crippen LogP contribution in [0.1, 0.15) is 31.0 Å². The number of nitrogens with zero attached hydrogens (tertiary/aromatic N) is 1. The monoisotopic (exact) mass is 268 g/mol. The lowest BCUT2D eigenvalue weighted by Gasteiger charge is -2.38. The number of halogens is 1. The molecule has 19 heavy (non-hydrogen) atoms. The molecule has 5 heteroatoms. The molecule has 3 N–H and O–H groups in total. The molecule has 1 heterocycles. The minimum absolute atomic E-state index is 0.00373. The van der Waals surface area contributed by atoms with Crippen LogP contribution in [0.2, 0.25) is 0 Å². The zero-order valence-electron chi connectivity index (χ0n) is 11.6. The van der Waals surface area contributed by atoms with E-state index in [4.69, 9.17) is 10.5 Å². The second kappa shape index (κ2) is 5.07. The molecule has 106 valence electrons. The number of hydrogen-bond donors (Lipinski definition) is 2. The van der Waals surface area contributed by atoms with Crippen molar-refractivity contribution in [2.24, 2.45) is 5.73 Å². The Balaban J connectivity index is 2.46. The highest BCUT2D eigenvalue weighted by atomic mass is 19.1. The maximum atomic E-state index is 14.1. The highest BCUT2D eigenvalue weighted by Gasteiger charge is 2.39. The summed E-state index contributed by atoms with van der Waals surface area (Å²) in [5, 5.41) is 9.52. The van der Waals surface area contributed by atoms with Crippen molar-refractivity contribution in [1.29, 1.82) is 0 Å². The first-order valence-electron chi connectivity index (χ1n) is 6.38. The van der Waals surface area contributed by atoms with E-state index in [0.29, 0.717) is 24.4 Å². The summed E-state index contributed by atoms with van der Waals surface area (Å²) >= 11 is 0. The normalized spacial score (nSPS) is 19.6. The summed E-state index contributed by atoms with van der Waals surface area (Å²) in [6, 6.07) is 3.13. The van der Waals surface area contributed by atoms with Gasteiger partial charge in [0.25, 0.3) is 0 Å². The van der Waals surface area contributed by atoms with Crippen LogP contribution >= 0.6 is 0 Å². The molecule has 0 aromatic heterocycles. The van der Waals surface area contributed by atoms with Gasteiger partial charge >= 0.3 is 0 Å². The van der Waals surface area contributed by atoms with Gasteiger partial charge in [-0.2, -0.15) is 0 Å². The Morgan fingerprint density at radius 2 is 2.21 bits per heavy atom. The first kappa shape index (κ1) is 14.2. The Bertz CT molecular complexity index is 477. The molecule has 0 fully saturated rings. The molecule has 0 spiro atoms. The molecule has 2 rings (SSSR count). The summed E-state index contributed by atoms with van der Waals surface area (Å²) in [7, 11) is 1.52. The Hall–Kier alpha value is -1.17. The summed E-state index contributed by atoms with van der Waals surface area (Å²) < 4.78 is 19.2. The number of nitrogens with two attached hydrogens (primary N) is 1. The largest absolute Gasteiger partial charge is 0.497 e. The van der Waals surface area contributed by atoms with Crippen LogP contribution in [0.25, 0.3) is 0 Å². The van der Waals surface area contributed by atoms with Crippen LogP contribution in [0.3, 0.4) is 0 Å². The van der Waals surface area contributed by atoms with E-state index in [1.807, 2.05) is 24.8 Å². The van der Waals surface area contributed by atoms with Gasteiger partial charge in [-0.15, -0.1) is 0 Å². The van der Waals surface area contributed by atoms with Crippen LogP contribution in [0, 0.1) is 5.82 Å². The van der Waals surface area contributed by atoms with Gasteiger partial charge in [-0.25, -0.2) is 4.39 Å². The fraction of sp³-hybridized carbons (Fsp3) is 0.571. The van der Waals surface area contributed by atoms with Gasteiger partial charge in [0.2, 0.25) is 0 Å². The molecule has 4 nitrogen and oxygen atoms in total. The van der Waals surface area contributed by atoms with Gasteiger partial charge < -0.3 is 15.6 Å². The molecule has 0 amide bonds. The maximum absolute atomic E-state index is 14.1. The highest BCUT2D eigenvalue weighted by Crippen LogP contribution is 2.40. The van der Waals surface area contributed by atoms with Crippen molar-refractivity contribution in [3.63, 3.8) is 0 Å². The van der Waals surface area contributed by atoms with Crippen molar-refractivity contribution >= 4 is 0 Å². The maximum Gasteiger partial charge on any atom is 0.131 e. The van der Waals surface area contributed by atoms with Gasteiger partial charge in [0.15, 0.2) is 0 Å². The lowest BCUT2D eigenvalue weighted by atomic mass is 10.0. The third-order valence-corrected chi connectivity index (χ3v) is 3.89. The van der Waals surface area contributed by atoms with Crippen LogP contribution in [0.15, 0.2) is 12.1 Å². The number of aliphatic hydroxyl groups is 1. The predicted octanol–water partition coefficient (Wildman–Crippen LogP) is 1.42. The molecule has 1 aromatic rings. The summed E-state index contributed by atoms with van der Waals surface area (Å²) in [6.07, 6.45) is 0. The van der Waals surface area contributed by atoms with E-state index in [2.05, 4.69) is 0 Å². The second-order valence-electron chi connectivity index (χ2n) is 5.53. The van der Waals surface area contributed by atoms with Crippen molar-refractivity contribution in [1.82, 2.24) is 4.90 Å². The van der Waals surface area contributed by atoms with E-state index < -0.39 is 5.54 Å². The average molecular weight is 268 g/mol. The summed E-state index contributed by atoms with van der Waals surface area (Å²) in [4.78, 5) is 2.04. The van der Waals surface area contributed by atoms with Crippen molar-refractivity contribution in [2.75, 3.05) is 20.3 Å². The third-order valence-electron chi connectivity index (χ3n) is 3.89. The zero-order valence-corrected chi connectivity index (χ0v) is 11.6. The Kier molecular flexibility index (Phi) is 3.80. The molecule has 1 aromatic carbocycles. The molecule has 1 unspecified atom stereocenters. The molecule has 0 bridgehead atoms. The highest BCUT2D eigenvalue weighted by molar-refractivity contribution is 5.42. The molecule has 1 aliphatic heterocycles. The van der Waals surface area contributed by atoms with Gasteiger partial charge in [0.05, 0.1) is 13.7 Å². The molecular formula is C14H21FN2O2. The molecule has 0 aliphatic carbocycles. The van der Waals surface area contributed by atoms with Crippen molar-refractivity contribution in [3.05, 3.63) is 29.1 Å². The van der Waals surface area contributed by atoms with Crippen molar-refractivity contribution in [3.8, 4) is 5.75 Å². The van der Waals surface area contributed by atoms with Crippen molar-refractivity contribution in [2.45, 2.75) is 32.0 Å². The summed E-state index contributed by atoms with van der Waals surface area (Å²) in [5.74, 6) is 0.224. The fourth-order valence-corrected chi connectivity index (χ4v) is 2.64. The quantitative estimate of drug-likeness (QED) is 0.867. The molecule has 0 radical (unpaired) electrons. The lowest BCUT2D eigenvalue weighted by Crippen LogP contribution is -2.47. The first-order valence-corrected chi connectivity index (χ1v) is 6.38. The Labute approximate surface area is 113 Å². The van der Waals surface area contributed by atoms with Gasteiger partial charge in [-0.3, -0.25) is 4.90 Å². The average Bonchev–Trinajstić information content (AvgIpc) is 2.78. The lowest BCUT2D eigenvalue weighted by molar-refractivity contribution is 0.0289. The van der Waals surface area contributed by atoms with Gasteiger partial charge in [-0.1, -0.05) is 0 Å². The zero-order chi connectivity index (χ0) is 14.2. The molecule has 1 atom stereocenters. The molecule has 1 aliphatic rings. The van der Waals surface area contributed by atoms with Crippen LogP contribution in [0.4, 0.5) is 4.39 Å². The summed E-state index contributed by atoms with van der Waals surface area (Å²) in [5.41, 5.74) is 6.92. The SMILES string of the molecule is COc1cc(F)c2c(c1)C(CN)N(C(C)(C)CO)C2. The van der Waals surface area contributed by atoms with E-state index in [1.165, 1.54) is 13.2 Å². The number of fused-ring (bicyclic) bond motifs is 1. The molecular weight excluding hydrogens is 247 g/mol. The van der Waals surface area contributed by atoms with E-state index in [1.54, 1.807) is 0 Å². The standard InChI is InChI=1S/C14H21FN2O2/c1-14(2,8-18)17-7-11-10(13(17)6-16)4-9(19-3)5-12(11)15/h4-5,13,18H,6-8,16H2,1-3H3. The number of benzene rings is 1. The van der Waals surface area contributed by atoms with E-state index in [0.717, 1.165) is 5.56 Å². The topological polar surface area (TPSA) is 58.7 Å². The van der Waals surface area contributed by atoms with E-state index >= 15 is 0 Å². The van der Waals surface area contributed by atoms with Gasteiger partial charge in [0, 0.05) is 36.3 Å². The molecule has 0 saturated heterocycles. The third kappa shape index (κ3) is 2.33. The smallest absolute Gasteiger partial charge is 0.131 e. The van der Waals surface area contributed by atoms with Crippen LogP contribution in [-0.4, -0.2) is 35.8 Å². The minimum Gasteiger partial charge on any atom is -0.497 e. The Morgan fingerprint density at radius 1 is 1.53 bits per heavy atom. The van der Waals surface area contributed by atoms with Gasteiger partial charge in [-0.05, 0) is 25.5 Å². The first-order chi connectivity index (χ1) is 8.94. The number of aliphatic hydroxyl groups excluding tert-OH is 1. The van der Waals surface area contributed by atoms with E-state index in [9.17, 15) is 9.50 Å². The van der Waals surface area contributed by atoms with Crippen LogP contribution < -0.4 is 10.5 Å². The molecule has 0 saturated carbocycles. The number of hydrogen-bond acceptors (Lipinski definition) is 4. The minimum atomic E-state index is -0.442. The Morgan fingerprint density at radius 3 is 2.74 bits per heavy atom. The predicted molar refractivity (Wildman–Crippen MR) is 71.5 cm³/mol. The number of rotatable bonds is 4. The van der Waals surface area contributed by atoms with Crippen LogP contribution in [0.5, 0.6) is 5.75 Å². The van der Waals surface area contributed by atoms with Gasteiger partial charge in [0.1, 0.15) is 11.6 Å². The van der Waals surface area contributed by atoms with Crippen molar-refractivity contribution < 1.29 is 14.2 Å². The fourth-order valence-electron chi connectivity index (χ4n) is 2.64. The summed E-state index contributed by atoms with van der Waals surface area (Å²) in [6.45, 7) is 4.69. The van der Waals surface area contributed by atoms with E-state index in [-0.39, 0.29) is 18.5 Å². The van der Waals surface area contributed by atoms with Crippen LogP contribution in [-0.2, 0) is 6.54 Å². The number of methoxy groups -OCH3 is 1.